The number of hydrogen-bond acceptors (Lipinski definition) is 5. The quantitative estimate of drug-likeness (QED) is 0.495. The predicted molar refractivity (Wildman–Crippen MR) is 122 cm³/mol. The van der Waals surface area contributed by atoms with Crippen LogP contribution < -0.4 is 20.1 Å². The molecule has 3 N–H and O–H groups in total. The van der Waals surface area contributed by atoms with Gasteiger partial charge in [-0.1, -0.05) is 23.2 Å². The third kappa shape index (κ3) is 8.57. The van der Waals surface area contributed by atoms with E-state index in [1.165, 1.54) is 0 Å². The van der Waals surface area contributed by atoms with Crippen LogP contribution in [0.15, 0.2) is 48.5 Å². The number of rotatable bonds is 10. The molecule has 2 aromatic carbocycles. The summed E-state index contributed by atoms with van der Waals surface area (Å²) in [6.07, 6.45) is 3.06. The fourth-order valence-electron chi connectivity index (χ4n) is 3.48. The van der Waals surface area contributed by atoms with Gasteiger partial charge in [0.1, 0.15) is 24.2 Å². The monoisotopic (exact) mass is 466 g/mol. The zero-order valence-corrected chi connectivity index (χ0v) is 18.7. The van der Waals surface area contributed by atoms with Crippen LogP contribution in [0.2, 0.25) is 10.0 Å². The Morgan fingerprint density at radius 1 is 0.903 bits per heavy atom. The van der Waals surface area contributed by atoms with Gasteiger partial charge in [0.2, 0.25) is 0 Å². The smallest absolute Gasteiger partial charge is 0.258 e. The zero-order chi connectivity index (χ0) is 22.1. The van der Waals surface area contributed by atoms with Crippen molar-refractivity contribution >= 4 is 29.1 Å². The van der Waals surface area contributed by atoms with Gasteiger partial charge in [-0.25, -0.2) is 0 Å². The van der Waals surface area contributed by atoms with E-state index in [0.717, 1.165) is 25.7 Å². The van der Waals surface area contributed by atoms with Crippen LogP contribution in [-0.2, 0) is 4.79 Å². The molecule has 1 aliphatic carbocycles. The largest absolute Gasteiger partial charge is 0.491 e. The third-order valence-corrected chi connectivity index (χ3v) is 5.68. The van der Waals surface area contributed by atoms with Crippen molar-refractivity contribution in [2.45, 2.75) is 43.9 Å². The molecular weight excluding hydrogens is 439 g/mol. The number of aliphatic hydroxyl groups is 1. The van der Waals surface area contributed by atoms with Gasteiger partial charge in [0.25, 0.3) is 5.91 Å². The number of aliphatic hydroxyl groups excluding tert-OH is 1. The average molecular weight is 467 g/mol. The molecule has 0 heterocycles. The Morgan fingerprint density at radius 2 is 1.42 bits per heavy atom. The molecule has 0 saturated heterocycles. The van der Waals surface area contributed by atoms with Crippen LogP contribution in [0.25, 0.3) is 0 Å². The van der Waals surface area contributed by atoms with Crippen LogP contribution in [0.5, 0.6) is 11.5 Å². The Bertz CT molecular complexity index is 809. The number of carbonyl (C=O) groups excluding carboxylic acids is 1. The lowest BCUT2D eigenvalue weighted by Crippen LogP contribution is -2.45. The number of halogens is 2. The van der Waals surface area contributed by atoms with Crippen molar-refractivity contribution in [1.82, 2.24) is 10.6 Å². The average Bonchev–Trinajstić information content (AvgIpc) is 2.78. The molecular formula is C23H28Cl2N2O4. The summed E-state index contributed by atoms with van der Waals surface area (Å²) in [4.78, 5) is 12.1. The van der Waals surface area contributed by atoms with Gasteiger partial charge in [-0.3, -0.25) is 4.79 Å². The number of ether oxygens (including phenoxy) is 2. The summed E-state index contributed by atoms with van der Waals surface area (Å²) in [6.45, 7) is 0.664. The first-order valence-electron chi connectivity index (χ1n) is 10.5. The van der Waals surface area contributed by atoms with E-state index in [9.17, 15) is 9.90 Å². The van der Waals surface area contributed by atoms with Crippen molar-refractivity contribution in [3.05, 3.63) is 58.6 Å². The molecule has 0 unspecified atom stereocenters. The highest BCUT2D eigenvalue weighted by molar-refractivity contribution is 6.30. The maximum Gasteiger partial charge on any atom is 0.258 e. The van der Waals surface area contributed by atoms with Gasteiger partial charge >= 0.3 is 0 Å². The van der Waals surface area contributed by atoms with Gasteiger partial charge in [0.05, 0.1) is 0 Å². The Balaban J connectivity index is 1.27. The normalized spacial score (nSPS) is 19.5. The zero-order valence-electron chi connectivity index (χ0n) is 17.2. The lowest BCUT2D eigenvalue weighted by atomic mass is 9.91. The summed E-state index contributed by atoms with van der Waals surface area (Å²) >= 11 is 11.7. The molecule has 0 spiro atoms. The molecule has 31 heavy (non-hydrogen) atoms. The maximum absolute atomic E-state index is 12.1. The SMILES string of the molecule is O=C(COc1ccc(Cl)cc1)NC1CCC(NC[C@H](O)COc2ccc(Cl)cc2)CC1. The van der Waals surface area contributed by atoms with Gasteiger partial charge in [0, 0.05) is 28.7 Å². The Morgan fingerprint density at radius 3 is 2.00 bits per heavy atom. The van der Waals surface area contributed by atoms with E-state index >= 15 is 0 Å². The van der Waals surface area contributed by atoms with Crippen LogP contribution in [-0.4, -0.2) is 49.0 Å². The predicted octanol–water partition coefficient (Wildman–Crippen LogP) is 3.83. The molecule has 1 fully saturated rings. The number of hydrogen-bond donors (Lipinski definition) is 3. The van der Waals surface area contributed by atoms with E-state index in [2.05, 4.69) is 10.6 Å². The lowest BCUT2D eigenvalue weighted by Gasteiger charge is -2.30. The minimum Gasteiger partial charge on any atom is -0.491 e. The van der Waals surface area contributed by atoms with Crippen molar-refractivity contribution in [3.8, 4) is 11.5 Å². The summed E-state index contributed by atoms with van der Waals surface area (Å²) in [5, 5.41) is 17.8. The second-order valence-electron chi connectivity index (χ2n) is 7.69. The van der Waals surface area contributed by atoms with Gasteiger partial charge in [-0.2, -0.15) is 0 Å². The molecule has 1 saturated carbocycles. The summed E-state index contributed by atoms with van der Waals surface area (Å²) in [5.41, 5.74) is 0. The van der Waals surface area contributed by atoms with E-state index in [0.29, 0.717) is 34.1 Å². The maximum atomic E-state index is 12.1. The third-order valence-electron chi connectivity index (χ3n) is 5.17. The summed E-state index contributed by atoms with van der Waals surface area (Å²) in [7, 11) is 0. The number of nitrogens with one attached hydrogen (secondary N) is 2. The minimum atomic E-state index is -0.599. The van der Waals surface area contributed by atoms with Gasteiger partial charge in [-0.15, -0.1) is 0 Å². The summed E-state index contributed by atoms with van der Waals surface area (Å²) in [5.74, 6) is 1.17. The molecule has 1 atom stereocenters. The summed E-state index contributed by atoms with van der Waals surface area (Å²) < 4.78 is 11.1. The first-order chi connectivity index (χ1) is 15.0. The van der Waals surface area contributed by atoms with Crippen molar-refractivity contribution < 1.29 is 19.4 Å². The topological polar surface area (TPSA) is 79.8 Å². The Hall–Kier alpha value is -1.99. The molecule has 1 amide bonds. The van der Waals surface area contributed by atoms with Crippen LogP contribution in [0, 0.1) is 0 Å². The van der Waals surface area contributed by atoms with Crippen molar-refractivity contribution in [3.63, 3.8) is 0 Å². The van der Waals surface area contributed by atoms with Crippen LogP contribution in [0.1, 0.15) is 25.7 Å². The highest BCUT2D eigenvalue weighted by Gasteiger charge is 2.23. The molecule has 8 heteroatoms. The van der Waals surface area contributed by atoms with Crippen LogP contribution in [0.4, 0.5) is 0 Å². The molecule has 0 aliphatic heterocycles. The molecule has 1 aliphatic rings. The molecule has 0 radical (unpaired) electrons. The molecule has 0 bridgehead atoms. The van der Waals surface area contributed by atoms with E-state index in [1.54, 1.807) is 48.5 Å². The molecule has 0 aromatic heterocycles. The first kappa shape index (κ1) is 23.7. The minimum absolute atomic E-state index is 0.0143. The van der Waals surface area contributed by atoms with E-state index < -0.39 is 6.10 Å². The highest BCUT2D eigenvalue weighted by Crippen LogP contribution is 2.19. The molecule has 6 nitrogen and oxygen atoms in total. The molecule has 2 aromatic rings. The van der Waals surface area contributed by atoms with E-state index in [1.807, 2.05) is 0 Å². The van der Waals surface area contributed by atoms with Crippen molar-refractivity contribution in [1.29, 1.82) is 0 Å². The van der Waals surface area contributed by atoms with Crippen LogP contribution in [0.3, 0.4) is 0 Å². The lowest BCUT2D eigenvalue weighted by molar-refractivity contribution is -0.124. The van der Waals surface area contributed by atoms with Crippen molar-refractivity contribution in [2.75, 3.05) is 19.8 Å². The first-order valence-corrected chi connectivity index (χ1v) is 11.2. The standard InChI is InChI=1S/C23H28Cl2N2O4/c24-16-1-9-21(10-2-16)30-14-20(28)13-26-18-5-7-19(8-6-18)27-23(29)15-31-22-11-3-17(25)4-12-22/h1-4,9-12,18-20,26,28H,5-8,13-15H2,(H,27,29)/t18?,19?,20-/m0/s1. The number of benzene rings is 2. The number of carbonyl (C=O) groups is 1. The van der Waals surface area contributed by atoms with Crippen LogP contribution >= 0.6 is 23.2 Å². The van der Waals surface area contributed by atoms with Gasteiger partial charge < -0.3 is 25.2 Å². The Kier molecular flexibility index (Phi) is 9.28. The highest BCUT2D eigenvalue weighted by atomic mass is 35.5. The summed E-state index contributed by atoms with van der Waals surface area (Å²) in [6, 6.07) is 14.5. The van der Waals surface area contributed by atoms with Gasteiger partial charge in [-0.05, 0) is 74.2 Å². The number of amides is 1. The van der Waals surface area contributed by atoms with E-state index in [4.69, 9.17) is 32.7 Å². The Labute approximate surface area is 192 Å². The van der Waals surface area contributed by atoms with Crippen molar-refractivity contribution in [2.24, 2.45) is 0 Å². The fraction of sp³-hybridized carbons (Fsp3) is 0.435. The second kappa shape index (κ2) is 12.2. The second-order valence-corrected chi connectivity index (χ2v) is 8.56. The fourth-order valence-corrected chi connectivity index (χ4v) is 3.73. The van der Waals surface area contributed by atoms with E-state index in [-0.39, 0.29) is 25.2 Å². The molecule has 168 valence electrons. The molecule has 3 rings (SSSR count). The van der Waals surface area contributed by atoms with Gasteiger partial charge in [0.15, 0.2) is 6.61 Å².